The topological polar surface area (TPSA) is 81.2 Å². The summed E-state index contributed by atoms with van der Waals surface area (Å²) >= 11 is 0. The van der Waals surface area contributed by atoms with Gasteiger partial charge in [-0.1, -0.05) is 0 Å². The van der Waals surface area contributed by atoms with Crippen LogP contribution in [0.4, 0.5) is 0 Å². The zero-order chi connectivity index (χ0) is 2.71. The number of hydrogen-bond acceptors (Lipinski definition) is 2. The van der Waals surface area contributed by atoms with Crippen LogP contribution in [0.25, 0.3) is 0 Å². The van der Waals surface area contributed by atoms with Gasteiger partial charge in [-0.15, -0.1) is 4.91 Å². The predicted octanol–water partition coefficient (Wildman–Crippen LogP) is -0.683. The Balaban J connectivity index is -0.0000000200. The predicted molar refractivity (Wildman–Crippen MR) is 11.2 cm³/mol. The van der Waals surface area contributed by atoms with Crippen LogP contribution >= 0.6 is 0 Å². The van der Waals surface area contributed by atoms with Gasteiger partial charge < -0.3 is 10.7 Å². The second kappa shape index (κ2) is 23.2. The van der Waals surface area contributed by atoms with E-state index in [-0.39, 0.29) is 42.8 Å². The summed E-state index contributed by atoms with van der Waals surface area (Å²) in [4.78, 5) is 8.11. The van der Waals surface area contributed by atoms with Gasteiger partial charge in [-0.2, -0.15) is 0 Å². The molecule has 0 aromatic carbocycles. The quantitative estimate of drug-likeness (QED) is 0.443. The molecule has 0 saturated carbocycles. The summed E-state index contributed by atoms with van der Waals surface area (Å²) in [6.07, 6.45) is 0. The van der Waals surface area contributed by atoms with E-state index < -0.39 is 0 Å². The smallest absolute Gasteiger partial charge is 0.152 e. The summed E-state index contributed by atoms with van der Waals surface area (Å²) < 4.78 is 0. The third kappa shape index (κ3) is 85.0. The molecule has 0 rings (SSSR count). The van der Waals surface area contributed by atoms with Gasteiger partial charge >= 0.3 is 0 Å². The van der Waals surface area contributed by atoms with Crippen LogP contribution < -0.4 is 0 Å². The Morgan fingerprint density at radius 2 is 1.60 bits per heavy atom. The summed E-state index contributed by atoms with van der Waals surface area (Å²) in [5, 5.41) is 7.89. The molecule has 4 nitrogen and oxygen atoms in total. The first kappa shape index (κ1) is 17.5. The molecule has 0 aliphatic carbocycles. The van der Waals surface area contributed by atoms with E-state index in [0.29, 0.717) is 0 Å². The minimum absolute atomic E-state index is 0. The van der Waals surface area contributed by atoms with Crippen LogP contribution in [0.3, 0.4) is 0 Å². The van der Waals surface area contributed by atoms with Gasteiger partial charge in [0.2, 0.25) is 0 Å². The fraction of sp³-hybridized carbons (Fsp3) is 0. The van der Waals surface area contributed by atoms with E-state index in [1.54, 1.807) is 0 Å². The molecule has 3 N–H and O–H groups in total. The second-order valence-corrected chi connectivity index (χ2v) is 0.0816. The molecule has 38 valence electrons. The van der Waals surface area contributed by atoms with Crippen molar-refractivity contribution in [3.63, 3.8) is 0 Å². The Hall–Kier alpha value is 0.607. The molecule has 0 fully saturated rings. The largest absolute Gasteiger partial charge is 0.412 e. The van der Waals surface area contributed by atoms with Crippen molar-refractivity contribution in [2.24, 2.45) is 5.34 Å². The van der Waals surface area contributed by atoms with Gasteiger partial charge in [0, 0.05) is 37.3 Å². The van der Waals surface area contributed by atoms with Gasteiger partial charge in [-0.3, -0.25) is 0 Å². The SMILES string of the molecule is O.O=NO.[Er]. The summed E-state index contributed by atoms with van der Waals surface area (Å²) in [6.45, 7) is 0. The molecule has 0 aliphatic rings. The van der Waals surface area contributed by atoms with Crippen molar-refractivity contribution in [3.8, 4) is 0 Å². The van der Waals surface area contributed by atoms with Crippen molar-refractivity contribution in [1.82, 2.24) is 0 Å². The summed E-state index contributed by atoms with van der Waals surface area (Å²) in [5.74, 6) is 0. The zero-order valence-corrected chi connectivity index (χ0v) is 3.94. The molecule has 5 heavy (non-hydrogen) atoms. The van der Waals surface area contributed by atoms with Crippen LogP contribution in [0.15, 0.2) is 5.34 Å². The van der Waals surface area contributed by atoms with Crippen molar-refractivity contribution in [2.75, 3.05) is 0 Å². The molecule has 0 bridgehead atoms. The fourth-order valence-corrected chi connectivity index (χ4v) is 0. The molecule has 0 saturated heterocycles. The molecule has 0 amide bonds. The van der Waals surface area contributed by atoms with Crippen molar-refractivity contribution >= 4 is 0 Å². The van der Waals surface area contributed by atoms with Crippen LogP contribution in [0.5, 0.6) is 0 Å². The molecular formula is H3ErNO3. The average Bonchev–Trinajstić information content (AvgIpc) is 0.918. The normalized spacial score (nSPS) is 2.40. The van der Waals surface area contributed by atoms with Gasteiger partial charge in [0.25, 0.3) is 0 Å². The zero-order valence-electron chi connectivity index (χ0n) is 2.09. The maximum atomic E-state index is 8.11. The van der Waals surface area contributed by atoms with Crippen LogP contribution in [0.1, 0.15) is 0 Å². The minimum Gasteiger partial charge on any atom is -0.412 e. The van der Waals surface area contributed by atoms with E-state index in [1.807, 2.05) is 0 Å². The Morgan fingerprint density at radius 3 is 1.60 bits per heavy atom. The third-order valence-corrected chi connectivity index (χ3v) is 0. The maximum Gasteiger partial charge on any atom is 0.152 e. The van der Waals surface area contributed by atoms with Crippen molar-refractivity contribution < 1.29 is 48.0 Å². The standard InChI is InChI=1S/Er.HNO2.H2O/c;2-1-3;/h;(H,2,3);1H2. The van der Waals surface area contributed by atoms with Gasteiger partial charge in [0.1, 0.15) is 0 Å². The molecule has 0 spiro atoms. The van der Waals surface area contributed by atoms with Gasteiger partial charge in [0.15, 0.2) is 5.34 Å². The first-order valence-electron chi connectivity index (χ1n) is 0.383. The molecule has 0 atom stereocenters. The second-order valence-electron chi connectivity index (χ2n) is 0.0816. The van der Waals surface area contributed by atoms with Crippen LogP contribution in [0.2, 0.25) is 0 Å². The summed E-state index contributed by atoms with van der Waals surface area (Å²) in [5.41, 5.74) is 0. The van der Waals surface area contributed by atoms with E-state index in [9.17, 15) is 0 Å². The first-order valence-corrected chi connectivity index (χ1v) is 0.383. The monoisotopic (exact) mass is 231 g/mol. The van der Waals surface area contributed by atoms with Crippen LogP contribution in [-0.2, 0) is 0 Å². The van der Waals surface area contributed by atoms with Crippen LogP contribution in [-0.4, -0.2) is 10.7 Å². The fourth-order valence-electron chi connectivity index (χ4n) is 0. The van der Waals surface area contributed by atoms with Gasteiger partial charge in [0.05, 0.1) is 0 Å². The third-order valence-electron chi connectivity index (χ3n) is 0. The van der Waals surface area contributed by atoms with Crippen molar-refractivity contribution in [1.29, 1.82) is 0 Å². The minimum atomic E-state index is 0. The number of rotatable bonds is 0. The van der Waals surface area contributed by atoms with Crippen LogP contribution in [0, 0.1) is 42.2 Å². The Bertz CT molecular complexity index is 14.4. The molecular weight excluding hydrogens is 229 g/mol. The Labute approximate surface area is 58.0 Å². The van der Waals surface area contributed by atoms with Gasteiger partial charge in [-0.25, -0.2) is 0 Å². The van der Waals surface area contributed by atoms with E-state index in [1.165, 1.54) is 5.34 Å². The van der Waals surface area contributed by atoms with Crippen molar-refractivity contribution in [2.45, 2.75) is 0 Å². The van der Waals surface area contributed by atoms with E-state index in [4.69, 9.17) is 10.1 Å². The summed E-state index contributed by atoms with van der Waals surface area (Å²) in [7, 11) is 0. The van der Waals surface area contributed by atoms with E-state index >= 15 is 0 Å². The van der Waals surface area contributed by atoms with E-state index in [2.05, 4.69) is 0 Å². The molecule has 0 unspecified atom stereocenters. The molecule has 5 heteroatoms. The average molecular weight is 232 g/mol. The number of nitrogens with zero attached hydrogens (tertiary/aromatic N) is 1. The molecule has 0 aliphatic heterocycles. The molecule has 0 aromatic heterocycles. The Kier molecular flexibility index (Phi) is 81.3. The van der Waals surface area contributed by atoms with Crippen molar-refractivity contribution in [3.05, 3.63) is 4.91 Å². The molecule has 0 aromatic rings. The first-order chi connectivity index (χ1) is 1.41. The molecule has 0 radical (unpaired) electrons. The summed E-state index contributed by atoms with van der Waals surface area (Å²) in [6, 6.07) is 0. The maximum absolute atomic E-state index is 8.11. The number of hydrogen-bond donors (Lipinski definition) is 1. The Morgan fingerprint density at radius 1 is 1.60 bits per heavy atom. The van der Waals surface area contributed by atoms with Gasteiger partial charge in [-0.05, 0) is 0 Å². The molecule has 0 heterocycles. The van der Waals surface area contributed by atoms with E-state index in [0.717, 1.165) is 0 Å².